The van der Waals surface area contributed by atoms with E-state index >= 15 is 0 Å². The molecule has 21 heavy (non-hydrogen) atoms. The van der Waals surface area contributed by atoms with Gasteiger partial charge in [0.1, 0.15) is 0 Å². The predicted molar refractivity (Wildman–Crippen MR) is 91.0 cm³/mol. The molecule has 1 fully saturated rings. The Bertz CT molecular complexity index is 875. The lowest BCUT2D eigenvalue weighted by Gasteiger charge is -2.26. The minimum Gasteiger partial charge on any atom is -0.138 e. The summed E-state index contributed by atoms with van der Waals surface area (Å²) in [6.07, 6.45) is 1.20. The summed E-state index contributed by atoms with van der Waals surface area (Å²) in [6.45, 7) is 2.25. The van der Waals surface area contributed by atoms with Crippen molar-refractivity contribution in [3.63, 3.8) is 0 Å². The van der Waals surface area contributed by atoms with E-state index in [1.807, 2.05) is 0 Å². The van der Waals surface area contributed by atoms with Gasteiger partial charge in [-0.3, -0.25) is 0 Å². The van der Waals surface area contributed by atoms with Gasteiger partial charge in [0.05, 0.1) is 4.75 Å². The highest BCUT2D eigenvalue weighted by molar-refractivity contribution is 8.08. The largest absolute Gasteiger partial charge is 0.138 e. The molecule has 102 valence electrons. The summed E-state index contributed by atoms with van der Waals surface area (Å²) in [5.74, 6) is 0. The van der Waals surface area contributed by atoms with Crippen LogP contribution in [-0.4, -0.2) is 5.25 Å². The Balaban J connectivity index is 1.87. The van der Waals surface area contributed by atoms with Crippen LogP contribution in [0.5, 0.6) is 0 Å². The molecule has 0 aromatic heterocycles. The Morgan fingerprint density at radius 1 is 0.905 bits per heavy atom. The van der Waals surface area contributed by atoms with Gasteiger partial charge in [-0.25, -0.2) is 0 Å². The molecule has 0 bridgehead atoms. The van der Waals surface area contributed by atoms with Crippen LogP contribution >= 0.6 is 11.8 Å². The Morgan fingerprint density at radius 2 is 1.67 bits per heavy atom. The van der Waals surface area contributed by atoms with Crippen LogP contribution in [0.15, 0.2) is 60.7 Å². The van der Waals surface area contributed by atoms with Crippen molar-refractivity contribution in [3.8, 4) is 0 Å². The second-order valence-corrected chi connectivity index (χ2v) is 7.63. The van der Waals surface area contributed by atoms with Gasteiger partial charge in [-0.2, -0.15) is 0 Å². The van der Waals surface area contributed by atoms with E-state index < -0.39 is 0 Å². The quantitative estimate of drug-likeness (QED) is 0.564. The third-order valence-corrected chi connectivity index (χ3v) is 6.71. The molecule has 0 N–H and O–H groups in total. The third-order valence-electron chi connectivity index (χ3n) is 5.07. The highest BCUT2D eigenvalue weighted by Gasteiger charge is 2.60. The van der Waals surface area contributed by atoms with Crippen LogP contribution in [0.2, 0.25) is 0 Å². The van der Waals surface area contributed by atoms with E-state index in [4.69, 9.17) is 0 Å². The van der Waals surface area contributed by atoms with Gasteiger partial charge in [0.25, 0.3) is 0 Å². The second-order valence-electron chi connectivity index (χ2n) is 6.18. The Hall–Kier alpha value is -1.73. The minimum atomic E-state index is 0.208. The van der Waals surface area contributed by atoms with Crippen LogP contribution in [0.25, 0.3) is 10.8 Å². The summed E-state index contributed by atoms with van der Waals surface area (Å²) >= 11 is 2.14. The number of thioether (sulfide) groups is 1. The second kappa shape index (κ2) is 3.92. The lowest BCUT2D eigenvalue weighted by atomic mass is 9.77. The van der Waals surface area contributed by atoms with Gasteiger partial charge in [-0.05, 0) is 46.4 Å². The fraction of sp³-hybridized carbons (Fsp3) is 0.200. The number of benzene rings is 3. The van der Waals surface area contributed by atoms with Crippen LogP contribution in [0.3, 0.4) is 0 Å². The zero-order valence-corrected chi connectivity index (χ0v) is 12.8. The van der Waals surface area contributed by atoms with Crippen molar-refractivity contribution in [3.05, 3.63) is 82.9 Å². The van der Waals surface area contributed by atoms with Crippen LogP contribution in [0.1, 0.15) is 22.3 Å². The lowest BCUT2D eigenvalue weighted by molar-refractivity contribution is 0.759. The van der Waals surface area contributed by atoms with Crippen LogP contribution in [0, 0.1) is 6.92 Å². The van der Waals surface area contributed by atoms with Crippen LogP contribution in [0.4, 0.5) is 0 Å². The van der Waals surface area contributed by atoms with Gasteiger partial charge in [0.2, 0.25) is 0 Å². The number of rotatable bonds is 1. The van der Waals surface area contributed by atoms with E-state index in [9.17, 15) is 0 Å². The molecule has 3 aromatic carbocycles. The zero-order chi connectivity index (χ0) is 14.0. The Kier molecular flexibility index (Phi) is 2.22. The third kappa shape index (κ3) is 1.42. The minimum absolute atomic E-state index is 0.208. The fourth-order valence-electron chi connectivity index (χ4n) is 4.08. The van der Waals surface area contributed by atoms with Crippen LogP contribution < -0.4 is 0 Å². The maximum Gasteiger partial charge on any atom is 0.0791 e. The smallest absolute Gasteiger partial charge is 0.0791 e. The van der Waals surface area contributed by atoms with Gasteiger partial charge < -0.3 is 0 Å². The lowest BCUT2D eigenvalue weighted by Crippen LogP contribution is -2.21. The monoisotopic (exact) mass is 288 g/mol. The first-order chi connectivity index (χ1) is 10.3. The number of hydrogen-bond acceptors (Lipinski definition) is 1. The first-order valence-electron chi connectivity index (χ1n) is 7.56. The zero-order valence-electron chi connectivity index (χ0n) is 12.0. The first-order valence-corrected chi connectivity index (χ1v) is 8.44. The van der Waals surface area contributed by atoms with Crippen molar-refractivity contribution in [2.24, 2.45) is 0 Å². The number of hydrogen-bond donors (Lipinski definition) is 0. The van der Waals surface area contributed by atoms with E-state index in [-0.39, 0.29) is 4.75 Å². The fourth-order valence-corrected chi connectivity index (χ4v) is 5.72. The van der Waals surface area contributed by atoms with Gasteiger partial charge >= 0.3 is 0 Å². The molecular weight excluding hydrogens is 272 g/mol. The summed E-state index contributed by atoms with van der Waals surface area (Å²) in [5, 5.41) is 3.60. The first kappa shape index (κ1) is 11.9. The molecule has 2 atom stereocenters. The molecule has 1 saturated heterocycles. The molecule has 0 radical (unpaired) electrons. The molecular formula is C20H16S. The predicted octanol–water partition coefficient (Wildman–Crippen LogP) is 5.06. The summed E-state index contributed by atoms with van der Waals surface area (Å²) in [6, 6.07) is 22.5. The van der Waals surface area contributed by atoms with E-state index in [1.165, 1.54) is 39.4 Å². The molecule has 0 nitrogen and oxygen atoms in total. The molecule has 1 heteroatoms. The van der Waals surface area contributed by atoms with Crippen molar-refractivity contribution in [1.29, 1.82) is 0 Å². The van der Waals surface area contributed by atoms with Crippen molar-refractivity contribution in [2.45, 2.75) is 23.3 Å². The molecule has 1 heterocycles. The maximum absolute atomic E-state index is 2.35. The highest BCUT2D eigenvalue weighted by Crippen LogP contribution is 2.69. The summed E-state index contributed by atoms with van der Waals surface area (Å²) in [4.78, 5) is 0. The average molecular weight is 288 g/mol. The van der Waals surface area contributed by atoms with Gasteiger partial charge in [-0.1, -0.05) is 60.7 Å². The van der Waals surface area contributed by atoms with Crippen LogP contribution in [-0.2, 0) is 11.2 Å². The van der Waals surface area contributed by atoms with Gasteiger partial charge in [0, 0.05) is 5.25 Å². The van der Waals surface area contributed by atoms with E-state index in [2.05, 4.69) is 79.3 Å². The standard InChI is InChI=1S/C20H16S/c1-13-6-2-3-10-16(13)20-17-11-5-8-14-7-4-9-15(19(14)17)12-18(20)21-20/h2-11,18H,12H2,1H3. The Labute approximate surface area is 129 Å². The molecule has 1 aliphatic carbocycles. The summed E-state index contributed by atoms with van der Waals surface area (Å²) in [7, 11) is 0. The number of fused-ring (bicyclic) bond motifs is 2. The topological polar surface area (TPSA) is 0 Å². The van der Waals surface area contributed by atoms with Crippen molar-refractivity contribution in [1.82, 2.24) is 0 Å². The van der Waals surface area contributed by atoms with Crippen molar-refractivity contribution >= 4 is 22.5 Å². The average Bonchev–Trinajstić information content (AvgIpc) is 3.24. The van der Waals surface area contributed by atoms with Gasteiger partial charge in [-0.15, -0.1) is 11.8 Å². The summed E-state index contributed by atoms with van der Waals surface area (Å²) in [5.41, 5.74) is 6.00. The van der Waals surface area contributed by atoms with E-state index in [0.29, 0.717) is 5.25 Å². The Morgan fingerprint density at radius 3 is 2.52 bits per heavy atom. The molecule has 0 amide bonds. The van der Waals surface area contributed by atoms with Crippen molar-refractivity contribution < 1.29 is 0 Å². The normalized spacial score (nSPS) is 25.7. The molecule has 5 rings (SSSR count). The molecule has 2 unspecified atom stereocenters. The number of aryl methyl sites for hydroxylation is 1. The molecule has 0 spiro atoms. The van der Waals surface area contributed by atoms with Crippen molar-refractivity contribution in [2.75, 3.05) is 0 Å². The molecule has 3 aromatic rings. The SMILES string of the molecule is Cc1ccccc1C12SC1Cc1cccc3cccc2c13. The van der Waals surface area contributed by atoms with E-state index in [0.717, 1.165) is 0 Å². The molecule has 2 aliphatic rings. The maximum atomic E-state index is 2.35. The molecule has 1 aliphatic heterocycles. The highest BCUT2D eigenvalue weighted by atomic mass is 32.2. The van der Waals surface area contributed by atoms with Gasteiger partial charge in [0.15, 0.2) is 0 Å². The van der Waals surface area contributed by atoms with E-state index in [1.54, 1.807) is 0 Å². The molecule has 0 saturated carbocycles. The summed E-state index contributed by atoms with van der Waals surface area (Å²) < 4.78 is 0.208.